The molecule has 1 aliphatic carbocycles. The SMILES string of the molecule is COc1ccc(S(=O)(=O)N2CCOCC2)cc1C(=O)NCC1CCCc2ccccc21. The molecule has 2 aromatic carbocycles. The number of morpholine rings is 1. The molecular formula is C23H28N2O5S. The van der Waals surface area contributed by atoms with E-state index in [2.05, 4.69) is 17.4 Å². The highest BCUT2D eigenvalue weighted by Gasteiger charge is 2.28. The molecule has 2 aliphatic rings. The van der Waals surface area contributed by atoms with Crippen LogP contribution in [0.15, 0.2) is 47.4 Å². The van der Waals surface area contributed by atoms with Crippen LogP contribution in [0.5, 0.6) is 5.75 Å². The van der Waals surface area contributed by atoms with Crippen molar-refractivity contribution >= 4 is 15.9 Å². The van der Waals surface area contributed by atoms with Gasteiger partial charge in [-0.05, 0) is 48.6 Å². The van der Waals surface area contributed by atoms with E-state index in [1.165, 1.54) is 40.7 Å². The normalized spacial score (nSPS) is 19.5. The Balaban J connectivity index is 1.53. The van der Waals surface area contributed by atoms with E-state index in [9.17, 15) is 13.2 Å². The third-order valence-corrected chi connectivity index (χ3v) is 7.92. The Morgan fingerprint density at radius 3 is 2.74 bits per heavy atom. The summed E-state index contributed by atoms with van der Waals surface area (Å²) in [5.41, 5.74) is 2.84. The molecule has 31 heavy (non-hydrogen) atoms. The van der Waals surface area contributed by atoms with E-state index in [1.807, 2.05) is 12.1 Å². The predicted molar refractivity (Wildman–Crippen MR) is 117 cm³/mol. The molecule has 1 saturated heterocycles. The number of benzene rings is 2. The maximum Gasteiger partial charge on any atom is 0.255 e. The van der Waals surface area contributed by atoms with Gasteiger partial charge in [0.2, 0.25) is 10.0 Å². The van der Waals surface area contributed by atoms with Crippen LogP contribution in [0, 0.1) is 0 Å². The fraction of sp³-hybridized carbons (Fsp3) is 0.435. The molecule has 2 aromatic rings. The topological polar surface area (TPSA) is 84.9 Å². The van der Waals surface area contributed by atoms with Gasteiger partial charge in [0, 0.05) is 25.6 Å². The summed E-state index contributed by atoms with van der Waals surface area (Å²) in [6.07, 6.45) is 3.17. The van der Waals surface area contributed by atoms with E-state index >= 15 is 0 Å². The summed E-state index contributed by atoms with van der Waals surface area (Å²) >= 11 is 0. The highest BCUT2D eigenvalue weighted by atomic mass is 32.2. The van der Waals surface area contributed by atoms with Gasteiger partial charge >= 0.3 is 0 Å². The molecule has 4 rings (SSSR count). The molecule has 0 bridgehead atoms. The average molecular weight is 445 g/mol. The van der Waals surface area contributed by atoms with Crippen LogP contribution in [0.4, 0.5) is 0 Å². The molecule has 7 nitrogen and oxygen atoms in total. The molecular weight excluding hydrogens is 416 g/mol. The second-order valence-electron chi connectivity index (χ2n) is 7.88. The third-order valence-electron chi connectivity index (χ3n) is 6.03. The number of carbonyl (C=O) groups excluding carboxylic acids is 1. The zero-order valence-electron chi connectivity index (χ0n) is 17.7. The monoisotopic (exact) mass is 444 g/mol. The van der Waals surface area contributed by atoms with Crippen molar-refractivity contribution < 1.29 is 22.7 Å². The molecule has 166 valence electrons. The van der Waals surface area contributed by atoms with Crippen molar-refractivity contribution in [2.24, 2.45) is 0 Å². The number of rotatable bonds is 6. The Bertz CT molecular complexity index is 1050. The number of methoxy groups -OCH3 is 1. The minimum Gasteiger partial charge on any atom is -0.496 e. The maximum atomic E-state index is 13.0. The summed E-state index contributed by atoms with van der Waals surface area (Å²) in [5.74, 6) is 0.265. The lowest BCUT2D eigenvalue weighted by molar-refractivity contribution is 0.0730. The van der Waals surface area contributed by atoms with E-state index in [0.29, 0.717) is 38.6 Å². The fourth-order valence-corrected chi connectivity index (χ4v) is 5.77. The lowest BCUT2D eigenvalue weighted by Crippen LogP contribution is -2.40. The van der Waals surface area contributed by atoms with Crippen molar-refractivity contribution in [2.75, 3.05) is 40.0 Å². The molecule has 1 aliphatic heterocycles. The number of sulfonamides is 1. The van der Waals surface area contributed by atoms with Crippen LogP contribution in [0.25, 0.3) is 0 Å². The number of carbonyl (C=O) groups is 1. The van der Waals surface area contributed by atoms with Crippen LogP contribution in [0.1, 0.15) is 40.2 Å². The molecule has 8 heteroatoms. The van der Waals surface area contributed by atoms with Crippen molar-refractivity contribution in [3.05, 3.63) is 59.2 Å². The Hall–Kier alpha value is -2.42. The first kappa shape index (κ1) is 21.8. The summed E-state index contributed by atoms with van der Waals surface area (Å²) in [6, 6.07) is 12.8. The summed E-state index contributed by atoms with van der Waals surface area (Å²) in [6.45, 7) is 1.84. The number of hydrogen-bond donors (Lipinski definition) is 1. The fourth-order valence-electron chi connectivity index (χ4n) is 4.34. The van der Waals surface area contributed by atoms with Crippen molar-refractivity contribution in [2.45, 2.75) is 30.1 Å². The van der Waals surface area contributed by atoms with E-state index < -0.39 is 10.0 Å². The van der Waals surface area contributed by atoms with Crippen LogP contribution < -0.4 is 10.1 Å². The zero-order chi connectivity index (χ0) is 21.8. The number of nitrogens with one attached hydrogen (secondary N) is 1. The number of fused-ring (bicyclic) bond motifs is 1. The number of hydrogen-bond acceptors (Lipinski definition) is 5. The van der Waals surface area contributed by atoms with Crippen LogP contribution in [-0.4, -0.2) is 58.6 Å². The first-order valence-corrected chi connectivity index (χ1v) is 12.1. The van der Waals surface area contributed by atoms with Crippen molar-refractivity contribution in [1.29, 1.82) is 0 Å². The minimum atomic E-state index is -3.70. The van der Waals surface area contributed by atoms with Crippen LogP contribution >= 0.6 is 0 Å². The first-order chi connectivity index (χ1) is 15.0. The summed E-state index contributed by atoms with van der Waals surface area (Å²) in [4.78, 5) is 13.1. The molecule has 1 amide bonds. The van der Waals surface area contributed by atoms with E-state index in [4.69, 9.17) is 9.47 Å². The highest BCUT2D eigenvalue weighted by molar-refractivity contribution is 7.89. The lowest BCUT2D eigenvalue weighted by atomic mass is 9.83. The zero-order valence-corrected chi connectivity index (χ0v) is 18.5. The first-order valence-electron chi connectivity index (χ1n) is 10.6. The standard InChI is InChI=1S/C23H28N2O5S/c1-29-22-10-9-19(31(27,28)25-11-13-30-14-12-25)15-21(22)23(26)24-16-18-7-4-6-17-5-2-3-8-20(17)18/h2-3,5,8-10,15,18H,4,6-7,11-14,16H2,1H3,(H,24,26). The van der Waals surface area contributed by atoms with Gasteiger partial charge < -0.3 is 14.8 Å². The summed E-state index contributed by atoms with van der Waals surface area (Å²) < 4.78 is 38.0. The Labute approximate surface area is 183 Å². The van der Waals surface area contributed by atoms with Gasteiger partial charge in [-0.25, -0.2) is 8.42 Å². The van der Waals surface area contributed by atoms with Crippen LogP contribution in [0.2, 0.25) is 0 Å². The van der Waals surface area contributed by atoms with Crippen molar-refractivity contribution in [3.63, 3.8) is 0 Å². The molecule has 1 heterocycles. The lowest BCUT2D eigenvalue weighted by Gasteiger charge is -2.26. The number of ether oxygens (including phenoxy) is 2. The Morgan fingerprint density at radius 1 is 1.19 bits per heavy atom. The van der Waals surface area contributed by atoms with E-state index in [-0.39, 0.29) is 22.3 Å². The van der Waals surface area contributed by atoms with Gasteiger partial charge in [-0.3, -0.25) is 4.79 Å². The minimum absolute atomic E-state index is 0.0864. The maximum absolute atomic E-state index is 13.0. The van der Waals surface area contributed by atoms with Gasteiger partial charge in [0.15, 0.2) is 0 Å². The molecule has 0 aromatic heterocycles. The van der Waals surface area contributed by atoms with Crippen molar-refractivity contribution in [3.8, 4) is 5.75 Å². The predicted octanol–water partition coefficient (Wildman–Crippen LogP) is 2.57. The molecule has 1 N–H and O–H groups in total. The largest absolute Gasteiger partial charge is 0.496 e. The quantitative estimate of drug-likeness (QED) is 0.740. The molecule has 0 spiro atoms. The number of nitrogens with zero attached hydrogens (tertiary/aromatic N) is 1. The van der Waals surface area contributed by atoms with Gasteiger partial charge in [0.1, 0.15) is 5.75 Å². The van der Waals surface area contributed by atoms with Gasteiger partial charge in [0.25, 0.3) is 5.91 Å². The van der Waals surface area contributed by atoms with Crippen molar-refractivity contribution in [1.82, 2.24) is 9.62 Å². The van der Waals surface area contributed by atoms with Crippen LogP contribution in [0.3, 0.4) is 0 Å². The second kappa shape index (κ2) is 9.38. The average Bonchev–Trinajstić information content (AvgIpc) is 2.82. The number of aryl methyl sites for hydroxylation is 1. The molecule has 1 unspecified atom stereocenters. The molecule has 0 radical (unpaired) electrons. The van der Waals surface area contributed by atoms with Gasteiger partial charge in [-0.2, -0.15) is 4.31 Å². The number of amides is 1. The van der Waals surface area contributed by atoms with E-state index in [0.717, 1.165) is 19.3 Å². The Morgan fingerprint density at radius 2 is 1.97 bits per heavy atom. The van der Waals surface area contributed by atoms with Gasteiger partial charge in [-0.15, -0.1) is 0 Å². The summed E-state index contributed by atoms with van der Waals surface area (Å²) in [5, 5.41) is 3.00. The molecule has 1 fully saturated rings. The van der Waals surface area contributed by atoms with Gasteiger partial charge in [0.05, 0.1) is 30.8 Å². The highest BCUT2D eigenvalue weighted by Crippen LogP contribution is 2.31. The van der Waals surface area contributed by atoms with E-state index in [1.54, 1.807) is 0 Å². The summed E-state index contributed by atoms with van der Waals surface area (Å²) in [7, 11) is -2.23. The van der Waals surface area contributed by atoms with Gasteiger partial charge in [-0.1, -0.05) is 24.3 Å². The Kier molecular flexibility index (Phi) is 6.60. The third kappa shape index (κ3) is 4.61. The second-order valence-corrected chi connectivity index (χ2v) is 9.81. The smallest absolute Gasteiger partial charge is 0.255 e. The molecule has 1 atom stereocenters. The van der Waals surface area contributed by atoms with Crippen LogP contribution in [-0.2, 0) is 21.2 Å². The molecule has 0 saturated carbocycles.